The Morgan fingerprint density at radius 3 is 1.50 bits per heavy atom. The van der Waals surface area contributed by atoms with Gasteiger partial charge in [-0.3, -0.25) is 0 Å². The molecule has 62 heavy (non-hydrogen) atoms. The molecule has 0 amide bonds. The molecule has 0 N–H and O–H groups in total. The number of hydrogen-bond acceptors (Lipinski definition) is 4. The lowest BCUT2D eigenvalue weighted by Gasteiger charge is -2.27. The van der Waals surface area contributed by atoms with Gasteiger partial charge in [0.05, 0.1) is 5.69 Å². The van der Waals surface area contributed by atoms with Crippen molar-refractivity contribution in [2.24, 2.45) is 0 Å². The van der Waals surface area contributed by atoms with Gasteiger partial charge in [0, 0.05) is 54.5 Å². The Bertz CT molecular complexity index is 3850. The molecule has 13 rings (SSSR count). The molecule has 0 radical (unpaired) electrons. The van der Waals surface area contributed by atoms with Crippen LogP contribution in [0.3, 0.4) is 0 Å². The predicted molar refractivity (Wildman–Crippen MR) is 257 cm³/mol. The number of para-hydroxylation sites is 2. The van der Waals surface area contributed by atoms with Crippen LogP contribution in [0.15, 0.2) is 226 Å². The molecule has 0 atom stereocenters. The summed E-state index contributed by atoms with van der Waals surface area (Å²) in [5.41, 5.74) is 15.2. The van der Waals surface area contributed by atoms with E-state index in [4.69, 9.17) is 13.3 Å². The molecule has 0 aliphatic rings. The minimum Gasteiger partial charge on any atom is -0.456 e. The monoisotopic (exact) mass is 793 g/mol. The summed E-state index contributed by atoms with van der Waals surface area (Å²) in [6, 6.07) is 75.1. The number of hydrogen-bond donors (Lipinski definition) is 0. The van der Waals surface area contributed by atoms with Gasteiger partial charge in [-0.1, -0.05) is 140 Å². The van der Waals surface area contributed by atoms with E-state index in [0.717, 1.165) is 116 Å². The lowest BCUT2D eigenvalue weighted by atomic mass is 9.98. The van der Waals surface area contributed by atoms with E-state index in [2.05, 4.69) is 193 Å². The van der Waals surface area contributed by atoms with Crippen LogP contribution >= 0.6 is 0 Å². The molecule has 3 heterocycles. The highest BCUT2D eigenvalue weighted by molar-refractivity contribution is 6.20. The average Bonchev–Trinajstić information content (AvgIpc) is 4.03. The van der Waals surface area contributed by atoms with Crippen molar-refractivity contribution in [3.05, 3.63) is 212 Å². The van der Waals surface area contributed by atoms with Crippen LogP contribution in [0.5, 0.6) is 0 Å². The minimum atomic E-state index is 0.841. The minimum absolute atomic E-state index is 0.841. The number of rotatable bonds is 6. The summed E-state index contributed by atoms with van der Waals surface area (Å²) >= 11 is 0. The highest BCUT2D eigenvalue weighted by atomic mass is 16.3. The summed E-state index contributed by atoms with van der Waals surface area (Å²) in [7, 11) is 0. The molecule has 0 aliphatic carbocycles. The van der Waals surface area contributed by atoms with Crippen LogP contribution in [0.2, 0.25) is 0 Å². The van der Waals surface area contributed by atoms with Crippen LogP contribution in [0.25, 0.3) is 110 Å². The van der Waals surface area contributed by atoms with Gasteiger partial charge in [0.2, 0.25) is 0 Å². The number of nitrogens with zero attached hydrogens (tertiary/aromatic N) is 1. The van der Waals surface area contributed by atoms with Crippen LogP contribution in [-0.4, -0.2) is 0 Å². The standard InChI is InChI=1S/C58H35NO3/c1-2-11-36(12-3-1)37-21-27-41(28-22-37)59(42-29-23-38(24-30-42)43-17-10-20-54-57(43)49-16-7-9-19-53(49)60-54)51-35-50-47-32-26-40(34-56(47)62-58(50)48-15-5-4-13-44(48)51)39-25-31-46-45-14-6-8-18-52(45)61-55(46)33-39/h1-35H. The van der Waals surface area contributed by atoms with Crippen molar-refractivity contribution in [2.75, 3.05) is 4.90 Å². The summed E-state index contributed by atoms with van der Waals surface area (Å²) in [5, 5.41) is 8.78. The molecule has 13 aromatic rings. The first-order valence-electron chi connectivity index (χ1n) is 21.0. The van der Waals surface area contributed by atoms with Gasteiger partial charge in [0.15, 0.2) is 0 Å². The average molecular weight is 794 g/mol. The highest BCUT2D eigenvalue weighted by Gasteiger charge is 2.22. The third-order valence-electron chi connectivity index (χ3n) is 12.5. The molecule has 0 saturated carbocycles. The van der Waals surface area contributed by atoms with Crippen LogP contribution in [-0.2, 0) is 0 Å². The maximum absolute atomic E-state index is 6.85. The van der Waals surface area contributed by atoms with Crippen LogP contribution in [0.1, 0.15) is 0 Å². The number of furan rings is 3. The molecule has 0 saturated heterocycles. The number of benzene rings is 10. The second kappa shape index (κ2) is 13.6. The first-order chi connectivity index (χ1) is 30.7. The van der Waals surface area contributed by atoms with Crippen LogP contribution in [0, 0.1) is 0 Å². The lowest BCUT2D eigenvalue weighted by Crippen LogP contribution is -2.10. The predicted octanol–water partition coefficient (Wildman–Crippen LogP) is 17.0. The first-order valence-corrected chi connectivity index (χ1v) is 21.0. The lowest BCUT2D eigenvalue weighted by molar-refractivity contribution is 0.668. The summed E-state index contributed by atoms with van der Waals surface area (Å²) in [6.07, 6.45) is 0. The molecular weight excluding hydrogens is 759 g/mol. The summed E-state index contributed by atoms with van der Waals surface area (Å²) in [4.78, 5) is 2.38. The summed E-state index contributed by atoms with van der Waals surface area (Å²) in [5.74, 6) is 0. The van der Waals surface area contributed by atoms with Crippen molar-refractivity contribution in [1.82, 2.24) is 0 Å². The zero-order valence-electron chi connectivity index (χ0n) is 33.4. The summed E-state index contributed by atoms with van der Waals surface area (Å²) in [6.45, 7) is 0. The second-order valence-corrected chi connectivity index (χ2v) is 16.0. The van der Waals surface area contributed by atoms with E-state index in [1.165, 1.54) is 11.1 Å². The Kier molecular flexibility index (Phi) is 7.57. The second-order valence-electron chi connectivity index (χ2n) is 16.0. The fraction of sp³-hybridized carbons (Fsp3) is 0. The largest absolute Gasteiger partial charge is 0.456 e. The molecular formula is C58H35NO3. The van der Waals surface area contributed by atoms with Crippen molar-refractivity contribution in [2.45, 2.75) is 0 Å². The van der Waals surface area contributed by atoms with Gasteiger partial charge in [0.1, 0.15) is 33.5 Å². The van der Waals surface area contributed by atoms with Crippen molar-refractivity contribution >= 4 is 93.7 Å². The van der Waals surface area contributed by atoms with Crippen LogP contribution < -0.4 is 4.90 Å². The molecule has 0 unspecified atom stereocenters. The van der Waals surface area contributed by atoms with E-state index in [9.17, 15) is 0 Å². The zero-order chi connectivity index (χ0) is 40.7. The smallest absolute Gasteiger partial charge is 0.143 e. The molecule has 0 aliphatic heterocycles. The van der Waals surface area contributed by atoms with Gasteiger partial charge in [0.25, 0.3) is 0 Å². The third-order valence-corrected chi connectivity index (χ3v) is 12.5. The van der Waals surface area contributed by atoms with Crippen LogP contribution in [0.4, 0.5) is 17.1 Å². The molecule has 4 heteroatoms. The molecule has 0 bridgehead atoms. The Morgan fingerprint density at radius 1 is 0.274 bits per heavy atom. The molecule has 10 aromatic carbocycles. The van der Waals surface area contributed by atoms with Gasteiger partial charge in [-0.15, -0.1) is 0 Å². The Balaban J connectivity index is 0.973. The third kappa shape index (κ3) is 5.40. The SMILES string of the molecule is c1ccc(-c2ccc(N(c3ccc(-c4cccc5oc6ccccc6c45)cc3)c3cc4c5ccc(-c6ccc7c(c6)oc6ccccc67)cc5oc4c4ccccc34)cc2)cc1. The Labute approximate surface area is 356 Å². The Hall–Kier alpha value is -8.34. The van der Waals surface area contributed by atoms with Gasteiger partial charge >= 0.3 is 0 Å². The fourth-order valence-electron chi connectivity index (χ4n) is 9.51. The van der Waals surface area contributed by atoms with E-state index >= 15 is 0 Å². The fourth-order valence-corrected chi connectivity index (χ4v) is 9.51. The number of fused-ring (bicyclic) bond motifs is 11. The molecule has 0 spiro atoms. The maximum atomic E-state index is 6.85. The van der Waals surface area contributed by atoms with Crippen molar-refractivity contribution in [1.29, 1.82) is 0 Å². The van der Waals surface area contributed by atoms with E-state index < -0.39 is 0 Å². The van der Waals surface area contributed by atoms with Crippen molar-refractivity contribution in [3.63, 3.8) is 0 Å². The maximum Gasteiger partial charge on any atom is 0.143 e. The van der Waals surface area contributed by atoms with E-state index in [0.29, 0.717) is 0 Å². The van der Waals surface area contributed by atoms with Crippen molar-refractivity contribution in [3.8, 4) is 33.4 Å². The number of anilines is 3. The van der Waals surface area contributed by atoms with E-state index in [1.807, 2.05) is 24.3 Å². The first kappa shape index (κ1) is 34.5. The summed E-state index contributed by atoms with van der Waals surface area (Å²) < 4.78 is 19.4. The molecule has 0 fully saturated rings. The van der Waals surface area contributed by atoms with E-state index in [1.54, 1.807) is 0 Å². The molecule has 3 aromatic heterocycles. The van der Waals surface area contributed by atoms with Gasteiger partial charge in [-0.25, -0.2) is 0 Å². The zero-order valence-corrected chi connectivity index (χ0v) is 33.4. The van der Waals surface area contributed by atoms with Crippen molar-refractivity contribution < 1.29 is 13.3 Å². The molecule has 4 nitrogen and oxygen atoms in total. The highest BCUT2D eigenvalue weighted by Crippen LogP contribution is 2.46. The van der Waals surface area contributed by atoms with Gasteiger partial charge in [-0.05, 0) is 106 Å². The Morgan fingerprint density at radius 2 is 0.774 bits per heavy atom. The topological polar surface area (TPSA) is 42.7 Å². The van der Waals surface area contributed by atoms with E-state index in [-0.39, 0.29) is 0 Å². The molecule has 290 valence electrons. The quantitative estimate of drug-likeness (QED) is 0.168. The van der Waals surface area contributed by atoms with Gasteiger partial charge in [-0.2, -0.15) is 0 Å². The van der Waals surface area contributed by atoms with Gasteiger partial charge < -0.3 is 18.2 Å². The normalized spacial score (nSPS) is 11.9.